The van der Waals surface area contributed by atoms with Crippen molar-refractivity contribution in [2.45, 2.75) is 26.2 Å². The third kappa shape index (κ3) is 3.76. The molecule has 0 atom stereocenters. The molecule has 0 fully saturated rings. The smallest absolute Gasteiger partial charge is 0.228 e. The molecule has 2 aromatic rings. The highest BCUT2D eigenvalue weighted by Gasteiger charge is 2.21. The van der Waals surface area contributed by atoms with Crippen molar-refractivity contribution in [3.8, 4) is 0 Å². The number of rotatable bonds is 4. The van der Waals surface area contributed by atoms with Gasteiger partial charge in [-0.3, -0.25) is 14.4 Å². The molecule has 25 heavy (non-hydrogen) atoms. The van der Waals surface area contributed by atoms with Crippen LogP contribution in [0.3, 0.4) is 0 Å². The van der Waals surface area contributed by atoms with Crippen LogP contribution in [0.25, 0.3) is 0 Å². The van der Waals surface area contributed by atoms with Gasteiger partial charge in [0.25, 0.3) is 0 Å². The SMILES string of the molecule is CC(=O)c1cccc(NC(=O)Cc2ccc3c(c2)CCC(=O)N3C)c1. The molecule has 0 saturated carbocycles. The minimum atomic E-state index is -0.138. The number of carbonyl (C=O) groups excluding carboxylic acids is 3. The number of hydrogen-bond acceptors (Lipinski definition) is 3. The molecule has 5 heteroatoms. The summed E-state index contributed by atoms with van der Waals surface area (Å²) in [4.78, 5) is 37.1. The molecular weight excluding hydrogens is 316 g/mol. The van der Waals surface area contributed by atoms with Crippen molar-refractivity contribution in [1.82, 2.24) is 0 Å². The van der Waals surface area contributed by atoms with Gasteiger partial charge in [-0.1, -0.05) is 24.3 Å². The Hall–Kier alpha value is -2.95. The maximum atomic E-state index is 12.3. The number of hydrogen-bond donors (Lipinski definition) is 1. The lowest BCUT2D eigenvalue weighted by Gasteiger charge is -2.26. The first-order valence-electron chi connectivity index (χ1n) is 8.23. The van der Waals surface area contributed by atoms with Crippen LogP contribution in [0.2, 0.25) is 0 Å². The summed E-state index contributed by atoms with van der Waals surface area (Å²) in [5.74, 6) is -0.0614. The molecule has 128 valence electrons. The molecule has 1 aliphatic heterocycles. The molecule has 3 rings (SSSR count). The summed E-state index contributed by atoms with van der Waals surface area (Å²) in [6, 6.07) is 12.7. The van der Waals surface area contributed by atoms with E-state index in [1.54, 1.807) is 36.2 Å². The van der Waals surface area contributed by atoms with Crippen molar-refractivity contribution in [2.75, 3.05) is 17.3 Å². The number of amides is 2. The third-order valence-electron chi connectivity index (χ3n) is 4.41. The van der Waals surface area contributed by atoms with Gasteiger partial charge in [0, 0.05) is 30.4 Å². The molecule has 1 heterocycles. The number of Topliss-reactive ketones (excluding diaryl/α,β-unsaturated/α-hetero) is 1. The second-order valence-corrected chi connectivity index (χ2v) is 6.28. The van der Waals surface area contributed by atoms with E-state index in [-0.39, 0.29) is 24.0 Å². The molecule has 2 aromatic carbocycles. The number of fused-ring (bicyclic) bond motifs is 1. The maximum absolute atomic E-state index is 12.3. The maximum Gasteiger partial charge on any atom is 0.228 e. The number of nitrogens with zero attached hydrogens (tertiary/aromatic N) is 1. The molecular formula is C20H20N2O3. The molecule has 0 spiro atoms. The van der Waals surface area contributed by atoms with Crippen molar-refractivity contribution < 1.29 is 14.4 Å². The van der Waals surface area contributed by atoms with Crippen LogP contribution in [-0.2, 0) is 22.4 Å². The number of carbonyl (C=O) groups is 3. The van der Waals surface area contributed by atoms with Gasteiger partial charge >= 0.3 is 0 Å². The summed E-state index contributed by atoms with van der Waals surface area (Å²) in [5, 5.41) is 2.83. The zero-order valence-electron chi connectivity index (χ0n) is 14.3. The van der Waals surface area contributed by atoms with E-state index >= 15 is 0 Å². The topological polar surface area (TPSA) is 66.5 Å². The van der Waals surface area contributed by atoms with Crippen LogP contribution < -0.4 is 10.2 Å². The lowest BCUT2D eigenvalue weighted by molar-refractivity contribution is -0.118. The molecule has 0 saturated heterocycles. The van der Waals surface area contributed by atoms with Crippen LogP contribution >= 0.6 is 0 Å². The Labute approximate surface area is 146 Å². The van der Waals surface area contributed by atoms with E-state index < -0.39 is 0 Å². The van der Waals surface area contributed by atoms with Crippen LogP contribution in [0, 0.1) is 0 Å². The van der Waals surface area contributed by atoms with Gasteiger partial charge in [-0.25, -0.2) is 0 Å². The van der Waals surface area contributed by atoms with E-state index in [2.05, 4.69) is 5.32 Å². The largest absolute Gasteiger partial charge is 0.326 e. The zero-order chi connectivity index (χ0) is 18.0. The Morgan fingerprint density at radius 1 is 1.12 bits per heavy atom. The summed E-state index contributed by atoms with van der Waals surface area (Å²) < 4.78 is 0. The van der Waals surface area contributed by atoms with Crippen molar-refractivity contribution in [2.24, 2.45) is 0 Å². The lowest BCUT2D eigenvalue weighted by Crippen LogP contribution is -2.31. The highest BCUT2D eigenvalue weighted by atomic mass is 16.2. The molecule has 1 N–H and O–H groups in total. The summed E-state index contributed by atoms with van der Waals surface area (Å²) in [5.41, 5.74) is 4.09. The number of aryl methyl sites for hydroxylation is 1. The first-order valence-corrected chi connectivity index (χ1v) is 8.23. The van der Waals surface area contributed by atoms with E-state index in [4.69, 9.17) is 0 Å². The minimum Gasteiger partial charge on any atom is -0.326 e. The normalized spacial score (nSPS) is 13.4. The summed E-state index contributed by atoms with van der Waals surface area (Å²) in [6.45, 7) is 1.50. The van der Waals surface area contributed by atoms with Gasteiger partial charge in [0.05, 0.1) is 6.42 Å². The first kappa shape index (κ1) is 16.9. The minimum absolute atomic E-state index is 0.0375. The summed E-state index contributed by atoms with van der Waals surface area (Å²) >= 11 is 0. The molecule has 0 unspecified atom stereocenters. The predicted octanol–water partition coefficient (Wildman–Crippen LogP) is 2.98. The Bertz CT molecular complexity index is 858. The van der Waals surface area contributed by atoms with Gasteiger partial charge in [-0.2, -0.15) is 0 Å². The molecule has 5 nitrogen and oxygen atoms in total. The molecule has 0 radical (unpaired) electrons. The Kier molecular flexibility index (Phi) is 4.65. The predicted molar refractivity (Wildman–Crippen MR) is 97.0 cm³/mol. The number of nitrogens with one attached hydrogen (secondary N) is 1. The molecule has 2 amide bonds. The molecule has 0 aliphatic carbocycles. The fraction of sp³-hybridized carbons (Fsp3) is 0.250. The van der Waals surface area contributed by atoms with Crippen molar-refractivity contribution in [3.05, 3.63) is 59.2 Å². The van der Waals surface area contributed by atoms with Crippen LogP contribution in [0.4, 0.5) is 11.4 Å². The van der Waals surface area contributed by atoms with Crippen molar-refractivity contribution in [3.63, 3.8) is 0 Å². The molecule has 1 aliphatic rings. The van der Waals surface area contributed by atoms with E-state index in [0.717, 1.165) is 16.8 Å². The second-order valence-electron chi connectivity index (χ2n) is 6.28. The standard InChI is InChI=1S/C20H20N2O3/c1-13(23)15-4-3-5-17(12-15)21-19(24)11-14-6-8-18-16(10-14)7-9-20(25)22(18)2/h3-6,8,10,12H,7,9,11H2,1-2H3,(H,21,24). The Morgan fingerprint density at radius 3 is 2.68 bits per heavy atom. The number of ketones is 1. The van der Waals surface area contributed by atoms with Gasteiger partial charge in [0.2, 0.25) is 11.8 Å². The summed E-state index contributed by atoms with van der Waals surface area (Å²) in [6.07, 6.45) is 1.45. The molecule has 0 bridgehead atoms. The van der Waals surface area contributed by atoms with Crippen LogP contribution in [-0.4, -0.2) is 24.6 Å². The van der Waals surface area contributed by atoms with Crippen LogP contribution in [0.1, 0.15) is 34.8 Å². The Balaban J connectivity index is 1.70. The van der Waals surface area contributed by atoms with E-state index in [9.17, 15) is 14.4 Å². The summed E-state index contributed by atoms with van der Waals surface area (Å²) in [7, 11) is 1.77. The quantitative estimate of drug-likeness (QED) is 0.873. The van der Waals surface area contributed by atoms with Crippen LogP contribution in [0.5, 0.6) is 0 Å². The van der Waals surface area contributed by atoms with Gasteiger partial charge in [-0.15, -0.1) is 0 Å². The fourth-order valence-corrected chi connectivity index (χ4v) is 3.03. The highest BCUT2D eigenvalue weighted by molar-refractivity contribution is 5.98. The van der Waals surface area contributed by atoms with E-state index in [1.165, 1.54) is 6.92 Å². The zero-order valence-corrected chi connectivity index (χ0v) is 14.3. The van der Waals surface area contributed by atoms with Gasteiger partial charge in [0.1, 0.15) is 0 Å². The fourth-order valence-electron chi connectivity index (χ4n) is 3.03. The average molecular weight is 336 g/mol. The van der Waals surface area contributed by atoms with E-state index in [0.29, 0.717) is 24.1 Å². The number of anilines is 2. The second kappa shape index (κ2) is 6.89. The van der Waals surface area contributed by atoms with E-state index in [1.807, 2.05) is 18.2 Å². The first-order chi connectivity index (χ1) is 11.9. The van der Waals surface area contributed by atoms with Crippen molar-refractivity contribution in [1.29, 1.82) is 0 Å². The average Bonchev–Trinajstić information content (AvgIpc) is 2.58. The lowest BCUT2D eigenvalue weighted by atomic mass is 9.98. The number of benzene rings is 2. The van der Waals surface area contributed by atoms with Gasteiger partial charge in [-0.05, 0) is 42.7 Å². The van der Waals surface area contributed by atoms with Gasteiger partial charge < -0.3 is 10.2 Å². The van der Waals surface area contributed by atoms with Crippen LogP contribution in [0.15, 0.2) is 42.5 Å². The monoisotopic (exact) mass is 336 g/mol. The Morgan fingerprint density at radius 2 is 1.92 bits per heavy atom. The third-order valence-corrected chi connectivity index (χ3v) is 4.41. The van der Waals surface area contributed by atoms with Gasteiger partial charge in [0.15, 0.2) is 5.78 Å². The highest BCUT2D eigenvalue weighted by Crippen LogP contribution is 2.27. The molecule has 0 aromatic heterocycles. The van der Waals surface area contributed by atoms with Crippen molar-refractivity contribution >= 4 is 29.0 Å².